The highest BCUT2D eigenvalue weighted by atomic mass is 32.1. The quantitative estimate of drug-likeness (QED) is 0.698. The lowest BCUT2D eigenvalue weighted by Gasteiger charge is -1.96. The molecule has 4 nitrogen and oxygen atoms in total. The van der Waals surface area contributed by atoms with Crippen LogP contribution in [0.25, 0.3) is 0 Å². The van der Waals surface area contributed by atoms with E-state index in [0.717, 1.165) is 5.01 Å². The molecule has 0 radical (unpaired) electrons. The summed E-state index contributed by atoms with van der Waals surface area (Å²) in [6, 6.07) is -0.131. The first-order valence-electron chi connectivity index (χ1n) is 3.44. The van der Waals surface area contributed by atoms with Gasteiger partial charge >= 0.3 is 5.97 Å². The van der Waals surface area contributed by atoms with Crippen molar-refractivity contribution in [2.75, 3.05) is 7.11 Å². The van der Waals surface area contributed by atoms with E-state index in [4.69, 9.17) is 5.73 Å². The van der Waals surface area contributed by atoms with Gasteiger partial charge in [0.25, 0.3) is 0 Å². The van der Waals surface area contributed by atoms with Crippen LogP contribution in [0.2, 0.25) is 0 Å². The molecule has 1 aromatic heterocycles. The maximum Gasteiger partial charge on any atom is 0.357 e. The van der Waals surface area contributed by atoms with Crippen LogP contribution < -0.4 is 5.73 Å². The van der Waals surface area contributed by atoms with Gasteiger partial charge in [0.05, 0.1) is 13.2 Å². The Hall–Kier alpha value is -0.940. The van der Waals surface area contributed by atoms with Crippen molar-refractivity contribution in [1.82, 2.24) is 4.98 Å². The van der Waals surface area contributed by atoms with Gasteiger partial charge in [-0.2, -0.15) is 0 Å². The third-order valence-electron chi connectivity index (χ3n) is 1.31. The number of nitrogens with two attached hydrogens (primary N) is 1. The molecule has 1 aromatic rings. The molecule has 0 unspecified atom stereocenters. The summed E-state index contributed by atoms with van der Waals surface area (Å²) < 4.78 is 4.49. The average Bonchev–Trinajstić information content (AvgIpc) is 2.51. The van der Waals surface area contributed by atoms with Crippen LogP contribution in [0.4, 0.5) is 0 Å². The van der Waals surface area contributed by atoms with Crippen molar-refractivity contribution in [3.63, 3.8) is 0 Å². The second kappa shape index (κ2) is 3.64. The molecule has 0 amide bonds. The summed E-state index contributed by atoms with van der Waals surface area (Å²) in [6.45, 7) is 1.82. The molecule has 12 heavy (non-hydrogen) atoms. The first-order valence-corrected chi connectivity index (χ1v) is 4.32. The van der Waals surface area contributed by atoms with Crippen molar-refractivity contribution < 1.29 is 9.53 Å². The first kappa shape index (κ1) is 9.15. The molecular weight excluding hydrogens is 176 g/mol. The van der Waals surface area contributed by atoms with Crippen molar-refractivity contribution >= 4 is 17.3 Å². The second-order valence-corrected chi connectivity index (χ2v) is 3.24. The summed E-state index contributed by atoms with van der Waals surface area (Å²) in [4.78, 5) is 14.9. The van der Waals surface area contributed by atoms with Gasteiger partial charge in [0.2, 0.25) is 0 Å². The summed E-state index contributed by atoms with van der Waals surface area (Å²) in [7, 11) is 1.33. The van der Waals surface area contributed by atoms with Crippen molar-refractivity contribution in [1.29, 1.82) is 0 Å². The molecule has 0 bridgehead atoms. The van der Waals surface area contributed by atoms with Crippen molar-refractivity contribution in [3.8, 4) is 0 Å². The smallest absolute Gasteiger partial charge is 0.357 e. The molecule has 0 aliphatic carbocycles. The lowest BCUT2D eigenvalue weighted by atomic mass is 10.4. The molecule has 2 N–H and O–H groups in total. The van der Waals surface area contributed by atoms with Gasteiger partial charge in [-0.05, 0) is 6.92 Å². The Labute approximate surface area is 74.4 Å². The molecule has 0 aromatic carbocycles. The molecule has 0 saturated carbocycles. The van der Waals surface area contributed by atoms with Crippen LogP contribution in [-0.4, -0.2) is 18.1 Å². The predicted octanol–water partition coefficient (Wildman–Crippen LogP) is 0.949. The topological polar surface area (TPSA) is 65.2 Å². The van der Waals surface area contributed by atoms with Crippen LogP contribution in [0.3, 0.4) is 0 Å². The number of rotatable bonds is 2. The van der Waals surface area contributed by atoms with Crippen LogP contribution >= 0.6 is 11.3 Å². The van der Waals surface area contributed by atoms with Gasteiger partial charge in [0.15, 0.2) is 5.69 Å². The van der Waals surface area contributed by atoms with E-state index >= 15 is 0 Å². The summed E-state index contributed by atoms with van der Waals surface area (Å²) in [5, 5.41) is 2.39. The van der Waals surface area contributed by atoms with Crippen LogP contribution in [0.15, 0.2) is 5.38 Å². The van der Waals surface area contributed by atoms with Crippen molar-refractivity contribution in [3.05, 3.63) is 16.1 Å². The lowest BCUT2D eigenvalue weighted by molar-refractivity contribution is 0.0594. The van der Waals surface area contributed by atoms with E-state index in [1.54, 1.807) is 5.38 Å². The van der Waals surface area contributed by atoms with Crippen molar-refractivity contribution in [2.45, 2.75) is 13.0 Å². The summed E-state index contributed by atoms with van der Waals surface area (Å²) in [6.07, 6.45) is 0. The number of aromatic nitrogens is 1. The van der Waals surface area contributed by atoms with E-state index in [2.05, 4.69) is 9.72 Å². The minimum Gasteiger partial charge on any atom is -0.464 e. The summed E-state index contributed by atoms with van der Waals surface area (Å²) in [5.41, 5.74) is 5.89. The van der Waals surface area contributed by atoms with E-state index < -0.39 is 5.97 Å². The maximum atomic E-state index is 10.9. The van der Waals surface area contributed by atoms with Crippen LogP contribution in [0, 0.1) is 0 Å². The van der Waals surface area contributed by atoms with Crippen LogP contribution in [0.5, 0.6) is 0 Å². The van der Waals surface area contributed by atoms with E-state index in [0.29, 0.717) is 5.69 Å². The Kier molecular flexibility index (Phi) is 2.78. The zero-order valence-electron chi connectivity index (χ0n) is 6.90. The molecule has 0 aliphatic heterocycles. The Morgan fingerprint density at radius 1 is 1.83 bits per heavy atom. The highest BCUT2D eigenvalue weighted by molar-refractivity contribution is 7.09. The minimum atomic E-state index is -0.418. The first-order chi connectivity index (χ1) is 5.65. The summed E-state index contributed by atoms with van der Waals surface area (Å²) >= 11 is 1.36. The Balaban J connectivity index is 2.84. The van der Waals surface area contributed by atoms with Crippen LogP contribution in [0.1, 0.15) is 28.5 Å². The Morgan fingerprint density at radius 2 is 2.50 bits per heavy atom. The third-order valence-corrected chi connectivity index (χ3v) is 2.35. The van der Waals surface area contributed by atoms with E-state index in [9.17, 15) is 4.79 Å². The molecule has 1 heterocycles. The van der Waals surface area contributed by atoms with E-state index in [1.165, 1.54) is 18.4 Å². The van der Waals surface area contributed by atoms with Gasteiger partial charge in [-0.1, -0.05) is 0 Å². The second-order valence-electron chi connectivity index (χ2n) is 2.35. The molecule has 66 valence electrons. The number of hydrogen-bond acceptors (Lipinski definition) is 5. The molecular formula is C7H10N2O2S. The highest BCUT2D eigenvalue weighted by Crippen LogP contribution is 2.15. The number of thiazole rings is 1. The van der Waals surface area contributed by atoms with E-state index in [1.807, 2.05) is 6.92 Å². The zero-order valence-corrected chi connectivity index (χ0v) is 7.72. The highest BCUT2D eigenvalue weighted by Gasteiger charge is 2.11. The maximum absolute atomic E-state index is 10.9. The molecule has 1 rings (SSSR count). The summed E-state index contributed by atoms with van der Waals surface area (Å²) in [5.74, 6) is -0.418. The fraction of sp³-hybridized carbons (Fsp3) is 0.429. The fourth-order valence-electron chi connectivity index (χ4n) is 0.695. The van der Waals surface area contributed by atoms with Gasteiger partial charge in [-0.15, -0.1) is 11.3 Å². The number of hydrogen-bond donors (Lipinski definition) is 1. The number of carbonyl (C=O) groups is 1. The molecule has 5 heteroatoms. The number of esters is 1. The number of ether oxygens (including phenoxy) is 1. The number of nitrogens with zero attached hydrogens (tertiary/aromatic N) is 1. The molecule has 0 saturated heterocycles. The van der Waals surface area contributed by atoms with Crippen LogP contribution in [-0.2, 0) is 4.74 Å². The molecule has 0 spiro atoms. The third kappa shape index (κ3) is 1.80. The minimum absolute atomic E-state index is 0.131. The van der Waals surface area contributed by atoms with E-state index in [-0.39, 0.29) is 6.04 Å². The number of carbonyl (C=O) groups excluding carboxylic acids is 1. The monoisotopic (exact) mass is 186 g/mol. The predicted molar refractivity (Wildman–Crippen MR) is 46.1 cm³/mol. The zero-order chi connectivity index (χ0) is 9.14. The number of methoxy groups -OCH3 is 1. The Morgan fingerprint density at radius 3 is 2.92 bits per heavy atom. The van der Waals surface area contributed by atoms with Gasteiger partial charge in [-0.25, -0.2) is 9.78 Å². The van der Waals surface area contributed by atoms with Gasteiger partial charge in [-0.3, -0.25) is 0 Å². The van der Waals surface area contributed by atoms with Gasteiger partial charge < -0.3 is 10.5 Å². The average molecular weight is 186 g/mol. The fourth-order valence-corrected chi connectivity index (χ4v) is 1.44. The molecule has 0 aliphatic rings. The van der Waals surface area contributed by atoms with Crippen molar-refractivity contribution in [2.24, 2.45) is 5.73 Å². The molecule has 0 fully saturated rings. The normalized spacial score (nSPS) is 12.6. The largest absolute Gasteiger partial charge is 0.464 e. The standard InChI is InChI=1S/C7H10N2O2S/c1-4(8)6-9-5(3-12-6)7(10)11-2/h3-4H,8H2,1-2H3/t4-/m1/s1. The van der Waals surface area contributed by atoms with Gasteiger partial charge in [0, 0.05) is 5.38 Å². The molecule has 1 atom stereocenters. The van der Waals surface area contributed by atoms with Gasteiger partial charge in [0.1, 0.15) is 5.01 Å². The SMILES string of the molecule is COC(=O)c1csc([C@@H](C)N)n1. The Bertz CT molecular complexity index is 283. The lowest BCUT2D eigenvalue weighted by Crippen LogP contribution is -2.06.